The number of rotatable bonds is 7. The van der Waals surface area contributed by atoms with Gasteiger partial charge in [-0.1, -0.05) is 41.3 Å². The number of nitriles is 1. The maximum atomic E-state index is 14.9. The Labute approximate surface area is 242 Å². The van der Waals surface area contributed by atoms with E-state index in [2.05, 4.69) is 21.6 Å². The van der Waals surface area contributed by atoms with Crippen LogP contribution in [0.2, 0.25) is 0 Å². The first-order valence-electron chi connectivity index (χ1n) is 12.2. The van der Waals surface area contributed by atoms with Crippen LogP contribution in [0.3, 0.4) is 0 Å². The third-order valence-electron chi connectivity index (χ3n) is 6.51. The van der Waals surface area contributed by atoms with Gasteiger partial charge in [-0.25, -0.2) is 17.9 Å². The molecular weight excluding hydrogens is 590 g/mol. The van der Waals surface area contributed by atoms with E-state index in [1.165, 1.54) is 41.3 Å². The van der Waals surface area contributed by atoms with E-state index in [-0.39, 0.29) is 45.7 Å². The fraction of sp³-hybridized carbons (Fsp3) is 0.192. The predicted molar refractivity (Wildman–Crippen MR) is 151 cm³/mol. The van der Waals surface area contributed by atoms with Gasteiger partial charge in [0.05, 0.1) is 28.2 Å². The number of carbonyl (C=O) groups excluding carboxylic acids is 2. The van der Waals surface area contributed by atoms with Crippen molar-refractivity contribution < 1.29 is 22.4 Å². The molecule has 210 valence electrons. The van der Waals surface area contributed by atoms with Crippen LogP contribution < -0.4 is 21.1 Å². The molecular formula is C26H22FN7O4S3. The molecule has 3 aromatic rings. The van der Waals surface area contributed by atoms with E-state index in [9.17, 15) is 27.7 Å². The number of sulfonamides is 1. The number of aromatic nitrogens is 2. The molecule has 0 saturated heterocycles. The largest absolute Gasteiger partial charge is 0.384 e. The minimum absolute atomic E-state index is 0.0257. The summed E-state index contributed by atoms with van der Waals surface area (Å²) >= 11 is 2.24. The molecule has 1 aliphatic carbocycles. The van der Waals surface area contributed by atoms with Crippen LogP contribution in [0.4, 0.5) is 15.2 Å². The highest BCUT2D eigenvalue weighted by molar-refractivity contribution is 8.01. The number of nitrogens with two attached hydrogens (primary N) is 2. The summed E-state index contributed by atoms with van der Waals surface area (Å²) in [6.45, 7) is 0. The molecule has 2 heterocycles. The normalized spacial score (nSPS) is 17.3. The summed E-state index contributed by atoms with van der Waals surface area (Å²) < 4.78 is 38.1. The molecule has 0 spiro atoms. The highest BCUT2D eigenvalue weighted by Gasteiger charge is 2.42. The van der Waals surface area contributed by atoms with E-state index in [4.69, 9.17) is 10.9 Å². The number of halogens is 1. The van der Waals surface area contributed by atoms with Crippen molar-refractivity contribution in [2.45, 2.75) is 34.4 Å². The number of primary sulfonamides is 1. The number of allylic oxidation sites excluding steroid dienone is 3. The van der Waals surface area contributed by atoms with E-state index >= 15 is 0 Å². The van der Waals surface area contributed by atoms with Gasteiger partial charge in [-0.2, -0.15) is 5.26 Å². The van der Waals surface area contributed by atoms with Crippen molar-refractivity contribution in [1.82, 2.24) is 10.2 Å². The Morgan fingerprint density at radius 3 is 2.61 bits per heavy atom. The second-order valence-electron chi connectivity index (χ2n) is 9.09. The minimum atomic E-state index is -3.84. The molecule has 0 fully saturated rings. The lowest BCUT2D eigenvalue weighted by atomic mass is 9.75. The fourth-order valence-corrected chi connectivity index (χ4v) is 6.92. The molecule has 41 heavy (non-hydrogen) atoms. The van der Waals surface area contributed by atoms with Gasteiger partial charge in [-0.15, -0.1) is 10.2 Å². The van der Waals surface area contributed by atoms with E-state index < -0.39 is 21.8 Å². The molecule has 5 N–H and O–H groups in total. The standard InChI is InChI=1S/C26H22FN7O4S3/c27-18-5-2-1-4-16(18)22-17(12-28)24(29)34(19-6-3-7-20(35)23(19)22)25-32-33-26(40-25)39-13-21(36)31-14-8-10-15(11-9-14)41(30,37)38/h1-2,4-5,8-11,22H,3,6-7,13,29H2,(H,31,36)(H2,30,37,38). The Morgan fingerprint density at radius 2 is 1.93 bits per heavy atom. The Kier molecular flexibility index (Phi) is 7.91. The number of Topliss-reactive ketones (excluding diaryl/α,β-unsaturated/α-hetero) is 1. The number of nitrogens with zero attached hydrogens (tertiary/aromatic N) is 4. The van der Waals surface area contributed by atoms with Gasteiger partial charge in [0.1, 0.15) is 11.6 Å². The van der Waals surface area contributed by atoms with E-state index in [1.807, 2.05) is 0 Å². The average molecular weight is 612 g/mol. The summed E-state index contributed by atoms with van der Waals surface area (Å²) in [5, 5.41) is 26.5. The van der Waals surface area contributed by atoms with Gasteiger partial charge in [0.2, 0.25) is 21.1 Å². The number of nitrogens with one attached hydrogen (secondary N) is 1. The lowest BCUT2D eigenvalue weighted by molar-refractivity contribution is -0.116. The summed E-state index contributed by atoms with van der Waals surface area (Å²) in [5.74, 6) is -1.99. The van der Waals surface area contributed by atoms with Gasteiger partial charge in [0.25, 0.3) is 0 Å². The van der Waals surface area contributed by atoms with Gasteiger partial charge < -0.3 is 11.1 Å². The molecule has 0 radical (unpaired) electrons. The number of amides is 1. The van der Waals surface area contributed by atoms with Crippen molar-refractivity contribution >= 4 is 55.6 Å². The quantitative estimate of drug-likeness (QED) is 0.335. The molecule has 1 amide bonds. The topological polar surface area (TPSA) is 185 Å². The summed E-state index contributed by atoms with van der Waals surface area (Å²) in [4.78, 5) is 27.1. The third-order valence-corrected chi connectivity index (χ3v) is 9.48. The minimum Gasteiger partial charge on any atom is -0.384 e. The van der Waals surface area contributed by atoms with Crippen molar-refractivity contribution in [3.63, 3.8) is 0 Å². The molecule has 1 unspecified atom stereocenters. The van der Waals surface area contributed by atoms with Gasteiger partial charge in [0, 0.05) is 28.9 Å². The Morgan fingerprint density at radius 1 is 1.20 bits per heavy atom. The van der Waals surface area contributed by atoms with E-state index in [0.29, 0.717) is 39.3 Å². The van der Waals surface area contributed by atoms with Crippen molar-refractivity contribution in [3.05, 3.63) is 82.6 Å². The van der Waals surface area contributed by atoms with Crippen LogP contribution in [0.1, 0.15) is 30.7 Å². The van der Waals surface area contributed by atoms with Crippen LogP contribution in [0.15, 0.2) is 80.4 Å². The zero-order chi connectivity index (χ0) is 29.3. The fourth-order valence-electron chi connectivity index (χ4n) is 4.73. The average Bonchev–Trinajstić information content (AvgIpc) is 3.40. The zero-order valence-electron chi connectivity index (χ0n) is 21.2. The molecule has 15 heteroatoms. The van der Waals surface area contributed by atoms with Gasteiger partial charge in [0.15, 0.2) is 10.1 Å². The molecule has 11 nitrogen and oxygen atoms in total. The molecule has 0 bridgehead atoms. The second-order valence-corrected chi connectivity index (χ2v) is 12.8. The summed E-state index contributed by atoms with van der Waals surface area (Å²) in [7, 11) is -3.84. The van der Waals surface area contributed by atoms with Gasteiger partial charge in [-0.05, 0) is 43.2 Å². The summed E-state index contributed by atoms with van der Waals surface area (Å²) in [6.07, 6.45) is 1.31. The molecule has 2 aromatic carbocycles. The molecule has 1 aliphatic heterocycles. The number of carbonyl (C=O) groups is 2. The lowest BCUT2D eigenvalue weighted by Gasteiger charge is -2.38. The number of ketones is 1. The Bertz CT molecular complexity index is 1760. The lowest BCUT2D eigenvalue weighted by Crippen LogP contribution is -2.38. The molecule has 0 saturated carbocycles. The number of anilines is 2. The third kappa shape index (κ3) is 5.72. The first-order chi connectivity index (χ1) is 19.6. The monoisotopic (exact) mass is 611 g/mol. The molecule has 2 aliphatic rings. The van der Waals surface area contributed by atoms with Crippen LogP contribution in [-0.4, -0.2) is 36.1 Å². The SMILES string of the molecule is N#CC1=C(N)N(c2nnc(SCC(=O)Nc3ccc(S(N)(=O)=O)cc3)s2)C2=C(C(=O)CCC2)C1c1ccccc1F. The number of hydrogen-bond donors (Lipinski definition) is 3. The first-order valence-corrected chi connectivity index (χ1v) is 15.5. The van der Waals surface area contributed by atoms with Crippen molar-refractivity contribution in [2.75, 3.05) is 16.0 Å². The number of benzene rings is 2. The number of hydrogen-bond acceptors (Lipinski definition) is 11. The first kappa shape index (κ1) is 28.4. The number of thioether (sulfide) groups is 1. The maximum Gasteiger partial charge on any atom is 0.238 e. The van der Waals surface area contributed by atoms with Crippen LogP contribution in [0.5, 0.6) is 0 Å². The highest BCUT2D eigenvalue weighted by Crippen LogP contribution is 2.47. The Hall–Kier alpha value is -4.10. The molecule has 1 atom stereocenters. The summed E-state index contributed by atoms with van der Waals surface area (Å²) in [6, 6.07) is 13.5. The smallest absolute Gasteiger partial charge is 0.238 e. The van der Waals surface area contributed by atoms with E-state index in [0.717, 1.165) is 23.1 Å². The highest BCUT2D eigenvalue weighted by atomic mass is 32.2. The van der Waals surface area contributed by atoms with E-state index in [1.54, 1.807) is 12.1 Å². The van der Waals surface area contributed by atoms with Crippen LogP contribution in [-0.2, 0) is 19.6 Å². The van der Waals surface area contributed by atoms with Crippen LogP contribution in [0.25, 0.3) is 0 Å². The zero-order valence-corrected chi connectivity index (χ0v) is 23.7. The van der Waals surface area contributed by atoms with Crippen molar-refractivity contribution in [3.8, 4) is 6.07 Å². The van der Waals surface area contributed by atoms with Gasteiger partial charge in [-0.3, -0.25) is 14.5 Å². The van der Waals surface area contributed by atoms with Crippen molar-refractivity contribution in [2.24, 2.45) is 10.9 Å². The van der Waals surface area contributed by atoms with Crippen molar-refractivity contribution in [1.29, 1.82) is 5.26 Å². The maximum absolute atomic E-state index is 14.9. The predicted octanol–water partition coefficient (Wildman–Crippen LogP) is 3.36. The molecule has 5 rings (SSSR count). The molecule has 1 aromatic heterocycles. The summed E-state index contributed by atoms with van der Waals surface area (Å²) in [5.41, 5.74) is 8.00. The Balaban J connectivity index is 1.37. The van der Waals surface area contributed by atoms with Gasteiger partial charge >= 0.3 is 0 Å². The van der Waals surface area contributed by atoms with Crippen LogP contribution in [0, 0.1) is 17.1 Å². The van der Waals surface area contributed by atoms with Crippen LogP contribution >= 0.6 is 23.1 Å². The second kappa shape index (κ2) is 11.4.